The smallest absolute Gasteiger partial charge is 0.254 e. The van der Waals surface area contributed by atoms with E-state index < -0.39 is 0 Å². The van der Waals surface area contributed by atoms with Crippen molar-refractivity contribution in [2.24, 2.45) is 0 Å². The highest BCUT2D eigenvalue weighted by molar-refractivity contribution is 5.95. The first kappa shape index (κ1) is 19.4. The normalized spacial score (nSPS) is 17.3. The summed E-state index contributed by atoms with van der Waals surface area (Å²) in [5, 5.41) is 0. The van der Waals surface area contributed by atoms with Crippen LogP contribution >= 0.6 is 0 Å². The number of morpholine rings is 1. The van der Waals surface area contributed by atoms with E-state index in [4.69, 9.17) is 18.9 Å². The molecule has 6 heteroatoms. The number of benzene rings is 1. The first-order chi connectivity index (χ1) is 12.1. The molecule has 0 saturated carbocycles. The Morgan fingerprint density at radius 2 is 1.68 bits per heavy atom. The third-order valence-corrected chi connectivity index (χ3v) is 4.04. The van der Waals surface area contributed by atoms with Crippen LogP contribution in [-0.2, 0) is 4.74 Å². The van der Waals surface area contributed by atoms with Gasteiger partial charge in [-0.05, 0) is 39.3 Å². The van der Waals surface area contributed by atoms with Crippen molar-refractivity contribution in [2.75, 3.05) is 39.5 Å². The summed E-state index contributed by atoms with van der Waals surface area (Å²) >= 11 is 0. The van der Waals surface area contributed by atoms with Gasteiger partial charge in [0, 0.05) is 18.7 Å². The third-order valence-electron chi connectivity index (χ3n) is 4.04. The molecule has 140 valence electrons. The lowest BCUT2D eigenvalue weighted by Crippen LogP contribution is -2.45. The fraction of sp³-hybridized carbons (Fsp3) is 0.632. The molecule has 1 saturated heterocycles. The predicted octanol–water partition coefficient (Wildman–Crippen LogP) is 3.13. The van der Waals surface area contributed by atoms with Gasteiger partial charge in [0.05, 0.1) is 32.5 Å². The Bertz CT molecular complexity index is 548. The van der Waals surface area contributed by atoms with E-state index in [1.54, 1.807) is 12.1 Å². The van der Waals surface area contributed by atoms with Crippen LogP contribution in [0.4, 0.5) is 0 Å². The van der Waals surface area contributed by atoms with Gasteiger partial charge < -0.3 is 23.8 Å². The van der Waals surface area contributed by atoms with E-state index in [1.165, 1.54) is 0 Å². The summed E-state index contributed by atoms with van der Waals surface area (Å²) in [7, 11) is 0. The Balaban J connectivity index is 2.33. The Labute approximate surface area is 150 Å². The van der Waals surface area contributed by atoms with Crippen LogP contribution in [0.15, 0.2) is 12.1 Å². The summed E-state index contributed by atoms with van der Waals surface area (Å²) in [6.45, 7) is 11.0. The van der Waals surface area contributed by atoms with Crippen LogP contribution in [-0.4, -0.2) is 56.4 Å². The molecule has 1 amide bonds. The van der Waals surface area contributed by atoms with Crippen LogP contribution in [0.5, 0.6) is 17.2 Å². The van der Waals surface area contributed by atoms with E-state index in [0.717, 1.165) is 6.42 Å². The highest BCUT2D eigenvalue weighted by Crippen LogP contribution is 2.39. The fourth-order valence-electron chi connectivity index (χ4n) is 2.85. The number of amides is 1. The Hall–Kier alpha value is -1.95. The van der Waals surface area contributed by atoms with Crippen molar-refractivity contribution in [1.82, 2.24) is 4.90 Å². The van der Waals surface area contributed by atoms with Gasteiger partial charge in [0.1, 0.15) is 0 Å². The summed E-state index contributed by atoms with van der Waals surface area (Å²) in [6.07, 6.45) is 0.986. The molecule has 1 aliphatic heterocycles. The summed E-state index contributed by atoms with van der Waals surface area (Å²) in [6, 6.07) is 3.49. The average molecular weight is 351 g/mol. The van der Waals surface area contributed by atoms with Gasteiger partial charge in [-0.3, -0.25) is 4.79 Å². The fourth-order valence-corrected chi connectivity index (χ4v) is 2.85. The number of carbonyl (C=O) groups excluding carboxylic acids is 1. The van der Waals surface area contributed by atoms with Gasteiger partial charge in [-0.2, -0.15) is 0 Å². The maximum atomic E-state index is 13.0. The molecule has 0 radical (unpaired) electrons. The van der Waals surface area contributed by atoms with Crippen LogP contribution < -0.4 is 14.2 Å². The van der Waals surface area contributed by atoms with E-state index in [-0.39, 0.29) is 12.0 Å². The maximum absolute atomic E-state index is 13.0. The van der Waals surface area contributed by atoms with Gasteiger partial charge in [-0.1, -0.05) is 6.92 Å². The molecule has 0 unspecified atom stereocenters. The molecule has 1 heterocycles. The first-order valence-corrected chi connectivity index (χ1v) is 9.11. The monoisotopic (exact) mass is 351 g/mol. The molecular weight excluding hydrogens is 322 g/mol. The number of rotatable bonds is 8. The Morgan fingerprint density at radius 3 is 2.20 bits per heavy atom. The molecule has 1 aliphatic rings. The average Bonchev–Trinajstić information content (AvgIpc) is 2.64. The number of hydrogen-bond donors (Lipinski definition) is 0. The van der Waals surface area contributed by atoms with Gasteiger partial charge in [0.2, 0.25) is 5.75 Å². The van der Waals surface area contributed by atoms with Crippen molar-refractivity contribution >= 4 is 5.91 Å². The molecule has 0 N–H and O–H groups in total. The highest BCUT2D eigenvalue weighted by atomic mass is 16.5. The van der Waals surface area contributed by atoms with Crippen LogP contribution in [0.25, 0.3) is 0 Å². The molecule has 0 spiro atoms. The molecule has 0 bridgehead atoms. The zero-order valence-electron chi connectivity index (χ0n) is 15.7. The quantitative estimate of drug-likeness (QED) is 0.720. The lowest BCUT2D eigenvalue weighted by molar-refractivity contribution is -0.0226. The minimum atomic E-state index is -0.0355. The zero-order valence-corrected chi connectivity index (χ0v) is 15.7. The number of nitrogens with zero attached hydrogens (tertiary/aromatic N) is 1. The molecule has 0 aromatic heterocycles. The highest BCUT2D eigenvalue weighted by Gasteiger charge is 2.26. The summed E-state index contributed by atoms with van der Waals surface area (Å²) < 4.78 is 22.7. The molecule has 1 aromatic rings. The van der Waals surface area contributed by atoms with E-state index in [2.05, 4.69) is 6.92 Å². The molecule has 6 nitrogen and oxygen atoms in total. The van der Waals surface area contributed by atoms with Gasteiger partial charge >= 0.3 is 0 Å². The Kier molecular flexibility index (Phi) is 7.37. The topological polar surface area (TPSA) is 57.2 Å². The van der Waals surface area contributed by atoms with Crippen LogP contribution in [0, 0.1) is 0 Å². The van der Waals surface area contributed by atoms with E-state index in [1.807, 2.05) is 25.7 Å². The second-order valence-electron chi connectivity index (χ2n) is 5.75. The second-order valence-corrected chi connectivity index (χ2v) is 5.75. The summed E-state index contributed by atoms with van der Waals surface area (Å²) in [5.41, 5.74) is 0.548. The van der Waals surface area contributed by atoms with Crippen molar-refractivity contribution < 1.29 is 23.7 Å². The van der Waals surface area contributed by atoms with E-state index in [9.17, 15) is 4.79 Å². The lowest BCUT2D eigenvalue weighted by Gasteiger charge is -2.32. The standard InChI is InChI=1S/C19H29NO5/c1-5-15-13-20(9-10-25-15)19(21)14-11-16(22-6-2)18(24-8-4)17(12-14)23-7-3/h11-12,15H,5-10,13H2,1-4H3/t15-/m1/s1. The summed E-state index contributed by atoms with van der Waals surface area (Å²) in [5.74, 6) is 1.60. The van der Waals surface area contributed by atoms with Gasteiger partial charge in [0.25, 0.3) is 5.91 Å². The maximum Gasteiger partial charge on any atom is 0.254 e. The van der Waals surface area contributed by atoms with Crippen molar-refractivity contribution in [3.05, 3.63) is 17.7 Å². The Morgan fingerprint density at radius 1 is 1.08 bits per heavy atom. The van der Waals surface area contributed by atoms with E-state index in [0.29, 0.717) is 62.3 Å². The number of carbonyl (C=O) groups is 1. The van der Waals surface area contributed by atoms with Crippen molar-refractivity contribution in [3.8, 4) is 17.2 Å². The molecule has 1 aromatic carbocycles. The van der Waals surface area contributed by atoms with Crippen LogP contribution in [0.3, 0.4) is 0 Å². The van der Waals surface area contributed by atoms with Crippen molar-refractivity contribution in [3.63, 3.8) is 0 Å². The van der Waals surface area contributed by atoms with Crippen LogP contribution in [0.2, 0.25) is 0 Å². The zero-order chi connectivity index (χ0) is 18.2. The second kappa shape index (κ2) is 9.51. The molecule has 25 heavy (non-hydrogen) atoms. The first-order valence-electron chi connectivity index (χ1n) is 9.11. The van der Waals surface area contributed by atoms with Gasteiger partial charge in [0.15, 0.2) is 11.5 Å². The largest absolute Gasteiger partial charge is 0.490 e. The molecule has 0 aliphatic carbocycles. The molecule has 2 rings (SSSR count). The van der Waals surface area contributed by atoms with Crippen molar-refractivity contribution in [2.45, 2.75) is 40.2 Å². The minimum Gasteiger partial charge on any atom is -0.490 e. The predicted molar refractivity (Wildman–Crippen MR) is 95.9 cm³/mol. The molecular formula is C19H29NO5. The van der Waals surface area contributed by atoms with E-state index >= 15 is 0 Å². The van der Waals surface area contributed by atoms with Crippen molar-refractivity contribution in [1.29, 1.82) is 0 Å². The summed E-state index contributed by atoms with van der Waals surface area (Å²) in [4.78, 5) is 14.8. The van der Waals surface area contributed by atoms with Gasteiger partial charge in [-0.15, -0.1) is 0 Å². The SMILES string of the molecule is CCOc1cc(C(=O)N2CCO[C@H](CC)C2)cc(OCC)c1OCC. The number of ether oxygens (including phenoxy) is 4. The molecule has 1 fully saturated rings. The minimum absolute atomic E-state index is 0.0355. The number of hydrogen-bond acceptors (Lipinski definition) is 5. The lowest BCUT2D eigenvalue weighted by atomic mass is 10.1. The third kappa shape index (κ3) is 4.78. The van der Waals surface area contributed by atoms with Gasteiger partial charge in [-0.25, -0.2) is 0 Å². The van der Waals surface area contributed by atoms with Crippen LogP contribution in [0.1, 0.15) is 44.5 Å². The molecule has 1 atom stereocenters.